The minimum atomic E-state index is -0.350. The maximum absolute atomic E-state index is 14.1. The molecule has 0 aliphatic rings. The molecule has 0 saturated heterocycles. The third kappa shape index (κ3) is 3.56. The molecule has 1 heterocycles. The van der Waals surface area contributed by atoms with Crippen molar-refractivity contribution in [3.63, 3.8) is 0 Å². The summed E-state index contributed by atoms with van der Waals surface area (Å²) in [4.78, 5) is 13.6. The summed E-state index contributed by atoms with van der Waals surface area (Å²) in [6, 6.07) is 4.98. The molecule has 0 bridgehead atoms. The van der Waals surface area contributed by atoms with E-state index in [1.165, 1.54) is 12.3 Å². The molecule has 2 aromatic rings. The summed E-state index contributed by atoms with van der Waals surface area (Å²) in [6.07, 6.45) is 1.33. The van der Waals surface area contributed by atoms with Crippen LogP contribution in [0.3, 0.4) is 0 Å². The molecule has 0 aliphatic heterocycles. The van der Waals surface area contributed by atoms with Gasteiger partial charge in [0, 0.05) is 19.6 Å². The van der Waals surface area contributed by atoms with Crippen LogP contribution in [0.1, 0.15) is 29.9 Å². The Morgan fingerprint density at radius 3 is 2.71 bits per heavy atom. The zero-order valence-corrected chi connectivity index (χ0v) is 12.1. The molecular weight excluding hydrogens is 273 g/mol. The van der Waals surface area contributed by atoms with Crippen molar-refractivity contribution in [3.8, 4) is 0 Å². The first-order valence-electron chi connectivity index (χ1n) is 6.83. The topological polar surface area (TPSA) is 73.9 Å². The van der Waals surface area contributed by atoms with Crippen LogP contribution in [-0.4, -0.2) is 34.4 Å². The van der Waals surface area contributed by atoms with Crippen molar-refractivity contribution in [2.75, 3.05) is 18.0 Å². The molecule has 0 aliphatic carbocycles. The highest BCUT2D eigenvalue weighted by molar-refractivity contribution is 5.91. The molecule has 0 atom stereocenters. The van der Waals surface area contributed by atoms with Gasteiger partial charge in [-0.2, -0.15) is 15.4 Å². The number of rotatable bonds is 6. The fraction of sp³-hybridized carbons (Fsp3) is 0.357. The summed E-state index contributed by atoms with van der Waals surface area (Å²) in [5.74, 6) is -0.635. The van der Waals surface area contributed by atoms with E-state index < -0.39 is 0 Å². The van der Waals surface area contributed by atoms with Gasteiger partial charge in [-0.05, 0) is 31.5 Å². The van der Waals surface area contributed by atoms with Gasteiger partial charge in [-0.25, -0.2) is 4.39 Å². The monoisotopic (exact) mass is 291 g/mol. The number of anilines is 1. The maximum Gasteiger partial charge on any atom is 0.273 e. The molecule has 0 saturated carbocycles. The minimum absolute atomic E-state index is 0.204. The molecule has 0 fully saturated rings. The van der Waals surface area contributed by atoms with E-state index in [0.29, 0.717) is 11.3 Å². The van der Waals surface area contributed by atoms with Gasteiger partial charge in [0.15, 0.2) is 5.69 Å². The molecule has 1 amide bonds. The number of H-pyrrole nitrogens is 1. The second kappa shape index (κ2) is 6.83. The molecule has 112 valence electrons. The normalized spacial score (nSPS) is 10.4. The summed E-state index contributed by atoms with van der Waals surface area (Å²) in [7, 11) is 0. The van der Waals surface area contributed by atoms with Crippen molar-refractivity contribution in [3.05, 3.63) is 41.5 Å². The predicted molar refractivity (Wildman–Crippen MR) is 77.5 cm³/mol. The zero-order chi connectivity index (χ0) is 15.2. The molecule has 1 aromatic heterocycles. The number of aromatic nitrogens is 3. The number of aromatic amines is 1. The molecule has 0 unspecified atom stereocenters. The second-order valence-electron chi connectivity index (χ2n) is 4.50. The van der Waals surface area contributed by atoms with Crippen molar-refractivity contribution in [1.82, 2.24) is 20.7 Å². The van der Waals surface area contributed by atoms with E-state index in [1.54, 1.807) is 12.1 Å². The van der Waals surface area contributed by atoms with Crippen LogP contribution in [0.25, 0.3) is 0 Å². The van der Waals surface area contributed by atoms with Gasteiger partial charge in [0.05, 0.1) is 11.9 Å². The van der Waals surface area contributed by atoms with Gasteiger partial charge in [-0.15, -0.1) is 0 Å². The van der Waals surface area contributed by atoms with Gasteiger partial charge in [-0.3, -0.25) is 4.79 Å². The Bertz CT molecular complexity index is 595. The Hall–Kier alpha value is -2.44. The van der Waals surface area contributed by atoms with E-state index in [2.05, 4.69) is 20.7 Å². The lowest BCUT2D eigenvalue weighted by Gasteiger charge is -2.21. The van der Waals surface area contributed by atoms with E-state index >= 15 is 0 Å². The van der Waals surface area contributed by atoms with Crippen LogP contribution in [-0.2, 0) is 6.54 Å². The molecule has 1 aromatic carbocycles. The van der Waals surface area contributed by atoms with Crippen LogP contribution in [0.5, 0.6) is 0 Å². The highest BCUT2D eigenvalue weighted by Gasteiger charge is 2.11. The number of carbonyl (C=O) groups excluding carboxylic acids is 1. The molecule has 21 heavy (non-hydrogen) atoms. The Morgan fingerprint density at radius 1 is 1.38 bits per heavy atom. The summed E-state index contributed by atoms with van der Waals surface area (Å²) in [5.41, 5.74) is 1.47. The molecule has 6 nitrogen and oxygen atoms in total. The number of hydrogen-bond donors (Lipinski definition) is 2. The average molecular weight is 291 g/mol. The average Bonchev–Trinajstić information content (AvgIpc) is 3.02. The lowest BCUT2D eigenvalue weighted by molar-refractivity contribution is 0.0946. The zero-order valence-electron chi connectivity index (χ0n) is 12.1. The van der Waals surface area contributed by atoms with Gasteiger partial charge in [0.25, 0.3) is 5.91 Å². The standard InChI is InChI=1S/C14H18FN5O/c1-3-20(4-2)13-6-5-10(7-11(13)15)8-16-14(21)12-9-17-19-18-12/h5-7,9H,3-4,8H2,1-2H3,(H,16,21)(H,17,18,19). The highest BCUT2D eigenvalue weighted by atomic mass is 19.1. The first-order valence-corrected chi connectivity index (χ1v) is 6.83. The van der Waals surface area contributed by atoms with Gasteiger partial charge in [0.1, 0.15) is 5.82 Å². The second-order valence-corrected chi connectivity index (χ2v) is 4.50. The third-order valence-corrected chi connectivity index (χ3v) is 3.22. The summed E-state index contributed by atoms with van der Waals surface area (Å²) in [6.45, 7) is 5.69. The SMILES string of the molecule is CCN(CC)c1ccc(CNC(=O)c2cn[nH]n2)cc1F. The van der Waals surface area contributed by atoms with Crippen LogP contribution in [0.4, 0.5) is 10.1 Å². The molecular formula is C14H18FN5O. The number of hydrogen-bond acceptors (Lipinski definition) is 4. The minimum Gasteiger partial charge on any atom is -0.370 e. The van der Waals surface area contributed by atoms with Crippen LogP contribution in [0.15, 0.2) is 24.4 Å². The summed E-state index contributed by atoms with van der Waals surface area (Å²) < 4.78 is 14.1. The summed E-state index contributed by atoms with van der Waals surface area (Å²) >= 11 is 0. The van der Waals surface area contributed by atoms with Gasteiger partial charge >= 0.3 is 0 Å². The van der Waals surface area contributed by atoms with Gasteiger partial charge in [-0.1, -0.05) is 6.07 Å². The number of benzene rings is 1. The Kier molecular flexibility index (Phi) is 4.86. The van der Waals surface area contributed by atoms with Crippen molar-refractivity contribution in [2.45, 2.75) is 20.4 Å². The first kappa shape index (κ1) is 15.0. The molecule has 2 N–H and O–H groups in total. The van der Waals surface area contributed by atoms with Crippen molar-refractivity contribution in [1.29, 1.82) is 0 Å². The largest absolute Gasteiger partial charge is 0.370 e. The number of carbonyl (C=O) groups is 1. The molecule has 2 rings (SSSR count). The van der Waals surface area contributed by atoms with E-state index in [0.717, 1.165) is 13.1 Å². The van der Waals surface area contributed by atoms with E-state index in [1.807, 2.05) is 18.7 Å². The first-order chi connectivity index (χ1) is 10.2. The van der Waals surface area contributed by atoms with E-state index in [-0.39, 0.29) is 24.0 Å². The molecule has 0 radical (unpaired) electrons. The van der Waals surface area contributed by atoms with Crippen molar-refractivity contribution < 1.29 is 9.18 Å². The molecule has 0 spiro atoms. The van der Waals surface area contributed by atoms with Gasteiger partial charge < -0.3 is 10.2 Å². The number of nitrogens with one attached hydrogen (secondary N) is 2. The fourth-order valence-corrected chi connectivity index (χ4v) is 2.07. The van der Waals surface area contributed by atoms with Crippen molar-refractivity contribution in [2.24, 2.45) is 0 Å². The third-order valence-electron chi connectivity index (χ3n) is 3.22. The van der Waals surface area contributed by atoms with E-state index in [4.69, 9.17) is 0 Å². The quantitative estimate of drug-likeness (QED) is 0.850. The van der Waals surface area contributed by atoms with Crippen LogP contribution >= 0.6 is 0 Å². The predicted octanol–water partition coefficient (Wildman–Crippen LogP) is 1.72. The Balaban J connectivity index is 2.02. The van der Waals surface area contributed by atoms with Crippen molar-refractivity contribution >= 4 is 11.6 Å². The number of nitrogens with zero attached hydrogens (tertiary/aromatic N) is 3. The lowest BCUT2D eigenvalue weighted by atomic mass is 10.1. The lowest BCUT2D eigenvalue weighted by Crippen LogP contribution is -2.24. The Morgan fingerprint density at radius 2 is 2.14 bits per heavy atom. The maximum atomic E-state index is 14.1. The number of halogens is 1. The van der Waals surface area contributed by atoms with Crippen LogP contribution in [0.2, 0.25) is 0 Å². The van der Waals surface area contributed by atoms with Crippen LogP contribution < -0.4 is 10.2 Å². The van der Waals surface area contributed by atoms with Crippen LogP contribution in [0, 0.1) is 5.82 Å². The smallest absolute Gasteiger partial charge is 0.273 e. The van der Waals surface area contributed by atoms with Gasteiger partial charge in [0.2, 0.25) is 0 Å². The Labute approximate surface area is 122 Å². The number of amides is 1. The molecule has 7 heteroatoms. The summed E-state index contributed by atoms with van der Waals surface area (Å²) in [5, 5.41) is 12.3. The fourth-order valence-electron chi connectivity index (χ4n) is 2.07. The highest BCUT2D eigenvalue weighted by Crippen LogP contribution is 2.20. The van der Waals surface area contributed by atoms with E-state index in [9.17, 15) is 9.18 Å².